The maximum atomic E-state index is 4.86. The van der Waals surface area contributed by atoms with Crippen LogP contribution in [0.3, 0.4) is 0 Å². The Morgan fingerprint density at radius 3 is 2.31 bits per heavy atom. The van der Waals surface area contributed by atoms with Crippen LogP contribution in [0.15, 0.2) is 186 Å². The zero-order valence-electron chi connectivity index (χ0n) is 27.7. The summed E-state index contributed by atoms with van der Waals surface area (Å²) >= 11 is 0. The molecule has 0 fully saturated rings. The first kappa shape index (κ1) is 32.1. The smallest absolute Gasteiger partial charge is 0.0520 e. The number of hydrogen-bond acceptors (Lipinski definition) is 2. The molecule has 0 amide bonds. The second-order valence-corrected chi connectivity index (χ2v) is 11.9. The maximum Gasteiger partial charge on any atom is 0.0520 e. The van der Waals surface area contributed by atoms with E-state index in [0.29, 0.717) is 0 Å². The van der Waals surface area contributed by atoms with E-state index in [-0.39, 0.29) is 0 Å². The second-order valence-electron chi connectivity index (χ2n) is 11.9. The normalized spacial score (nSPS) is 14.5. The SMILES string of the molecule is C=C/C(=C\C=C\c1ccccc1)C1=NC=C(/C=C(\C=C(/C)c2ccc(C/C=C\C=N/C)cc2)c2cc3ccccc3c3ccccc23)C1. The third-order valence-electron chi connectivity index (χ3n) is 8.60. The van der Waals surface area contributed by atoms with Crippen LogP contribution in [0.2, 0.25) is 0 Å². The molecule has 0 bridgehead atoms. The van der Waals surface area contributed by atoms with Crippen molar-refractivity contribution >= 4 is 50.7 Å². The number of rotatable bonds is 11. The monoisotopic (exact) mass is 620 g/mol. The number of allylic oxidation sites excluding steroid dienone is 11. The number of benzene rings is 5. The molecule has 5 aromatic rings. The zero-order valence-corrected chi connectivity index (χ0v) is 27.7. The molecule has 0 N–H and O–H groups in total. The second kappa shape index (κ2) is 15.6. The lowest BCUT2D eigenvalue weighted by Gasteiger charge is -2.14. The third kappa shape index (κ3) is 7.74. The van der Waals surface area contributed by atoms with Gasteiger partial charge in [0, 0.05) is 25.9 Å². The van der Waals surface area contributed by atoms with E-state index >= 15 is 0 Å². The predicted molar refractivity (Wildman–Crippen MR) is 211 cm³/mol. The fraction of sp³-hybridized carbons (Fsp3) is 0.0870. The van der Waals surface area contributed by atoms with E-state index in [2.05, 4.69) is 146 Å². The summed E-state index contributed by atoms with van der Waals surface area (Å²) in [5.74, 6) is 0. The van der Waals surface area contributed by atoms with Gasteiger partial charge in [-0.2, -0.15) is 0 Å². The lowest BCUT2D eigenvalue weighted by Crippen LogP contribution is -1.98. The van der Waals surface area contributed by atoms with Crippen molar-refractivity contribution in [3.8, 4) is 0 Å². The quantitative estimate of drug-likeness (QED) is 0.0797. The standard InChI is InChI=1S/C46H40N2/c1-4-38(20-14-18-35-15-6-5-7-16-35)46-31-37(33-48-46)30-41(29-34(2)39-26-24-36(25-27-39)17-12-13-28-47-3)45-32-40-19-8-9-21-42(40)43-22-10-11-23-44(43)45/h4-16,18-30,32-33H,1,17,31H2,2-3H3/b13-12-,18-14+,34-29+,38-20+,41-30+,47-28-. The minimum absolute atomic E-state index is 0.740. The first-order valence-electron chi connectivity index (χ1n) is 16.4. The number of nitrogens with zero attached hydrogens (tertiary/aromatic N) is 2. The summed E-state index contributed by atoms with van der Waals surface area (Å²) in [6, 6.07) is 38.9. The van der Waals surface area contributed by atoms with Crippen LogP contribution in [0.4, 0.5) is 0 Å². The Bertz CT molecular complexity index is 2180. The Kier molecular flexibility index (Phi) is 10.4. The number of aliphatic imine (C=N–C) groups is 2. The van der Waals surface area contributed by atoms with Gasteiger partial charge >= 0.3 is 0 Å². The molecule has 2 heteroatoms. The average molecular weight is 621 g/mol. The van der Waals surface area contributed by atoms with Crippen LogP contribution < -0.4 is 0 Å². The predicted octanol–water partition coefficient (Wildman–Crippen LogP) is 11.8. The van der Waals surface area contributed by atoms with E-state index in [1.54, 1.807) is 7.05 Å². The van der Waals surface area contributed by atoms with Crippen molar-refractivity contribution in [3.05, 3.63) is 198 Å². The van der Waals surface area contributed by atoms with E-state index < -0.39 is 0 Å². The highest BCUT2D eigenvalue weighted by Gasteiger charge is 2.15. The molecule has 0 saturated heterocycles. The first-order chi connectivity index (χ1) is 23.6. The van der Waals surface area contributed by atoms with E-state index in [1.807, 2.05) is 42.8 Å². The zero-order chi connectivity index (χ0) is 33.1. The lowest BCUT2D eigenvalue weighted by molar-refractivity contribution is 1.27. The molecular weight excluding hydrogens is 581 g/mol. The Hall–Kier alpha value is -5.86. The van der Waals surface area contributed by atoms with Gasteiger partial charge in [0.25, 0.3) is 0 Å². The summed E-state index contributed by atoms with van der Waals surface area (Å²) in [5.41, 5.74) is 10.4. The van der Waals surface area contributed by atoms with Crippen molar-refractivity contribution in [2.45, 2.75) is 19.8 Å². The van der Waals surface area contributed by atoms with Crippen LogP contribution in [-0.2, 0) is 6.42 Å². The van der Waals surface area contributed by atoms with Crippen molar-refractivity contribution in [3.63, 3.8) is 0 Å². The van der Waals surface area contributed by atoms with Gasteiger partial charge in [-0.1, -0.05) is 146 Å². The molecule has 0 aliphatic carbocycles. The largest absolute Gasteiger partial charge is 0.297 e. The average Bonchev–Trinajstić information content (AvgIpc) is 3.60. The van der Waals surface area contributed by atoms with E-state index in [4.69, 9.17) is 4.99 Å². The van der Waals surface area contributed by atoms with Crippen molar-refractivity contribution in [2.75, 3.05) is 7.05 Å². The van der Waals surface area contributed by atoms with Crippen molar-refractivity contribution < 1.29 is 0 Å². The van der Waals surface area contributed by atoms with Crippen LogP contribution in [0.1, 0.15) is 35.6 Å². The summed E-state index contributed by atoms with van der Waals surface area (Å²) in [6.07, 6.45) is 22.4. The molecule has 1 aliphatic rings. The molecule has 0 unspecified atom stereocenters. The molecule has 234 valence electrons. The summed E-state index contributed by atoms with van der Waals surface area (Å²) in [6.45, 7) is 6.29. The molecule has 0 aromatic heterocycles. The topological polar surface area (TPSA) is 24.7 Å². The lowest BCUT2D eigenvalue weighted by atomic mass is 9.90. The highest BCUT2D eigenvalue weighted by molar-refractivity contribution is 6.13. The van der Waals surface area contributed by atoms with E-state index in [1.165, 1.54) is 49.4 Å². The van der Waals surface area contributed by atoms with Gasteiger partial charge in [-0.05, 0) is 97.7 Å². The summed E-state index contributed by atoms with van der Waals surface area (Å²) < 4.78 is 0. The van der Waals surface area contributed by atoms with Crippen LogP contribution in [-0.4, -0.2) is 19.0 Å². The van der Waals surface area contributed by atoms with Gasteiger partial charge in [0.2, 0.25) is 0 Å². The van der Waals surface area contributed by atoms with E-state index in [0.717, 1.165) is 35.3 Å². The Balaban J connectivity index is 1.36. The summed E-state index contributed by atoms with van der Waals surface area (Å²) in [7, 11) is 1.79. The van der Waals surface area contributed by atoms with Crippen LogP contribution in [0.5, 0.6) is 0 Å². The number of fused-ring (bicyclic) bond motifs is 3. The van der Waals surface area contributed by atoms with Crippen molar-refractivity contribution in [1.82, 2.24) is 0 Å². The highest BCUT2D eigenvalue weighted by Crippen LogP contribution is 2.35. The Morgan fingerprint density at radius 2 is 1.54 bits per heavy atom. The maximum absolute atomic E-state index is 4.86. The molecule has 0 saturated carbocycles. The van der Waals surface area contributed by atoms with Gasteiger partial charge in [-0.15, -0.1) is 0 Å². The molecule has 0 radical (unpaired) electrons. The highest BCUT2D eigenvalue weighted by atomic mass is 14.7. The molecular formula is C46H40N2. The van der Waals surface area contributed by atoms with Gasteiger partial charge < -0.3 is 0 Å². The van der Waals surface area contributed by atoms with Crippen LogP contribution in [0, 0.1) is 0 Å². The van der Waals surface area contributed by atoms with Crippen LogP contribution >= 0.6 is 0 Å². The molecule has 0 spiro atoms. The molecule has 6 rings (SSSR count). The molecule has 0 atom stereocenters. The minimum Gasteiger partial charge on any atom is -0.297 e. The number of hydrogen-bond donors (Lipinski definition) is 0. The Labute approximate surface area is 284 Å². The van der Waals surface area contributed by atoms with Gasteiger partial charge in [-0.25, -0.2) is 0 Å². The molecule has 2 nitrogen and oxygen atoms in total. The first-order valence-corrected chi connectivity index (χ1v) is 16.4. The molecule has 48 heavy (non-hydrogen) atoms. The fourth-order valence-corrected chi connectivity index (χ4v) is 6.08. The van der Waals surface area contributed by atoms with Crippen molar-refractivity contribution in [2.24, 2.45) is 9.98 Å². The summed E-state index contributed by atoms with van der Waals surface area (Å²) in [5, 5.41) is 4.99. The van der Waals surface area contributed by atoms with Gasteiger partial charge in [0.15, 0.2) is 0 Å². The minimum atomic E-state index is 0.740. The molecule has 1 aliphatic heterocycles. The molecule has 5 aromatic carbocycles. The Morgan fingerprint density at radius 1 is 0.812 bits per heavy atom. The van der Waals surface area contributed by atoms with Gasteiger partial charge in [-0.3, -0.25) is 9.98 Å². The molecule has 1 heterocycles. The van der Waals surface area contributed by atoms with Crippen LogP contribution in [0.25, 0.3) is 38.8 Å². The van der Waals surface area contributed by atoms with Gasteiger partial charge in [0.1, 0.15) is 0 Å². The summed E-state index contributed by atoms with van der Waals surface area (Å²) in [4.78, 5) is 8.88. The third-order valence-corrected chi connectivity index (χ3v) is 8.60. The van der Waals surface area contributed by atoms with Crippen molar-refractivity contribution in [1.29, 1.82) is 0 Å². The fourth-order valence-electron chi connectivity index (χ4n) is 6.08. The van der Waals surface area contributed by atoms with Gasteiger partial charge in [0.05, 0.1) is 5.71 Å². The van der Waals surface area contributed by atoms with E-state index in [9.17, 15) is 0 Å².